The summed E-state index contributed by atoms with van der Waals surface area (Å²) in [5.41, 5.74) is 6.00. The number of carboxylic acid groups (broad SMARTS) is 6. The molecule has 0 aliphatic carbocycles. The molecule has 2 aromatic rings. The lowest BCUT2D eigenvalue weighted by Gasteiger charge is -2.34. The first-order valence-electron chi connectivity index (χ1n) is 31.4. The van der Waals surface area contributed by atoms with E-state index in [0.29, 0.717) is 5.56 Å². The van der Waals surface area contributed by atoms with E-state index in [1.807, 2.05) is 0 Å². The van der Waals surface area contributed by atoms with Crippen molar-refractivity contribution in [1.82, 2.24) is 47.0 Å². The maximum atomic E-state index is 14.7. The molecule has 17 N–H and O–H groups in total. The number of likely N-dealkylation sites (tertiary alicyclic amines) is 2. The van der Waals surface area contributed by atoms with E-state index >= 15 is 0 Å². The van der Waals surface area contributed by atoms with Gasteiger partial charge in [-0.2, -0.15) is 12.7 Å². The van der Waals surface area contributed by atoms with Gasteiger partial charge in [0, 0.05) is 51.6 Å². The molecular weight excluding hydrogens is 1330 g/mol. The molecule has 0 bridgehead atoms. The summed E-state index contributed by atoms with van der Waals surface area (Å²) in [6.45, 7) is 4.05. The molecule has 0 unspecified atom stereocenters. The summed E-state index contributed by atoms with van der Waals surface area (Å²) in [5.74, 6) is -19.9. The van der Waals surface area contributed by atoms with E-state index in [1.165, 1.54) is 36.4 Å². The highest BCUT2D eigenvalue weighted by atomic mass is 32.2. The van der Waals surface area contributed by atoms with Gasteiger partial charge in [-0.15, -0.1) is 0 Å². The number of phenolic OH excluding ortho intramolecular Hbond substituents is 1. The molecule has 0 aromatic heterocycles. The number of rotatable bonds is 40. The van der Waals surface area contributed by atoms with Crippen LogP contribution in [-0.4, -0.2) is 227 Å². The summed E-state index contributed by atoms with van der Waals surface area (Å²) >= 11 is 0. The van der Waals surface area contributed by atoms with Crippen LogP contribution in [0.2, 0.25) is 0 Å². The molecule has 11 atom stereocenters. The average molecular weight is 1420 g/mol. The Labute approximate surface area is 566 Å². The van der Waals surface area contributed by atoms with E-state index in [4.69, 9.17) is 15.9 Å². The van der Waals surface area contributed by atoms with E-state index in [1.54, 1.807) is 13.8 Å². The molecule has 10 amide bonds. The number of nitrogens with zero attached hydrogens (tertiary/aromatic N) is 3. The molecular formula is C61H83N11O26S. The van der Waals surface area contributed by atoms with Gasteiger partial charge in [-0.05, 0) is 106 Å². The number of benzene rings is 2. The molecule has 0 radical (unpaired) electrons. The number of phenols is 1. The van der Waals surface area contributed by atoms with Crippen molar-refractivity contribution < 1.29 is 125 Å². The summed E-state index contributed by atoms with van der Waals surface area (Å²) in [6, 6.07) is -6.16. The largest absolute Gasteiger partial charge is 0.508 e. The lowest BCUT2D eigenvalue weighted by Crippen LogP contribution is -2.61. The molecule has 2 aromatic carbocycles. The summed E-state index contributed by atoms with van der Waals surface area (Å²) in [4.78, 5) is 211. The Bertz CT molecular complexity index is 3450. The van der Waals surface area contributed by atoms with Gasteiger partial charge in [0.15, 0.2) is 0 Å². The van der Waals surface area contributed by atoms with Crippen LogP contribution in [0.3, 0.4) is 0 Å². The Hall–Kier alpha value is -10.4. The van der Waals surface area contributed by atoms with Crippen LogP contribution < -0.4 is 47.3 Å². The summed E-state index contributed by atoms with van der Waals surface area (Å²) in [6.07, 6.45) is -6.37. The van der Waals surface area contributed by atoms with Crippen molar-refractivity contribution in [3.63, 3.8) is 0 Å². The lowest BCUT2D eigenvalue weighted by molar-refractivity contribution is -0.146. The number of nitrogens with one attached hydrogen (secondary N) is 7. The predicted octanol–water partition coefficient (Wildman–Crippen LogP) is -2.51. The van der Waals surface area contributed by atoms with Crippen molar-refractivity contribution in [3.05, 3.63) is 59.7 Å². The second kappa shape index (κ2) is 38.0. The van der Waals surface area contributed by atoms with Crippen molar-refractivity contribution in [2.75, 3.05) is 17.4 Å². The second-order valence-corrected chi connectivity index (χ2v) is 25.0. The molecule has 2 heterocycles. The van der Waals surface area contributed by atoms with E-state index < -0.39 is 241 Å². The number of hydrogen-bond donors (Lipinski definition) is 16. The third-order valence-corrected chi connectivity index (χ3v) is 17.1. The maximum Gasteiger partial charge on any atom is 0.366 e. The Morgan fingerprint density at radius 2 is 0.939 bits per heavy atom. The fraction of sp³-hybridized carbons (Fsp3) is 0.541. The van der Waals surface area contributed by atoms with Crippen LogP contribution in [0.4, 0.5) is 5.69 Å². The topological polar surface area (TPSA) is 589 Å². The smallest absolute Gasteiger partial charge is 0.366 e. The van der Waals surface area contributed by atoms with Crippen molar-refractivity contribution in [1.29, 1.82) is 0 Å². The van der Waals surface area contributed by atoms with E-state index in [0.717, 1.165) is 28.9 Å². The Morgan fingerprint density at radius 3 is 1.43 bits per heavy atom. The second-order valence-electron chi connectivity index (χ2n) is 23.7. The third-order valence-electron chi connectivity index (χ3n) is 16.3. The van der Waals surface area contributed by atoms with E-state index in [9.17, 15) is 115 Å². The molecule has 2 fully saturated rings. The van der Waals surface area contributed by atoms with E-state index in [-0.39, 0.29) is 73.7 Å². The quantitative estimate of drug-likeness (QED) is 0.0307. The highest BCUT2D eigenvalue weighted by molar-refractivity contribution is 7.88. The maximum absolute atomic E-state index is 14.7. The Balaban J connectivity index is 1.52. The fourth-order valence-electron chi connectivity index (χ4n) is 10.7. The number of aromatic hydroxyl groups is 1. The zero-order valence-corrected chi connectivity index (χ0v) is 55.0. The summed E-state index contributed by atoms with van der Waals surface area (Å²) in [5, 5.41) is 82.6. The Morgan fingerprint density at radius 1 is 0.515 bits per heavy atom. The molecule has 38 heteroatoms. The molecule has 2 aliphatic heterocycles. The van der Waals surface area contributed by atoms with Crippen molar-refractivity contribution in [2.45, 2.75) is 190 Å². The van der Waals surface area contributed by atoms with Gasteiger partial charge >= 0.3 is 46.1 Å². The molecule has 2 saturated heterocycles. The zero-order valence-electron chi connectivity index (χ0n) is 54.2. The minimum Gasteiger partial charge on any atom is -0.508 e. The molecule has 2 aliphatic rings. The standard InChI is InChI=1S/C61H83N11O26S/c1-4-31(2)51(69-57(90)44-8-5-27-70(44)59(92)40(19-24-48(79)80)67-55(88)42(64-45(74)21-26-50(83)84)30-34-11-15-36(73)16-12-34)60(93)71-28-6-7-43(71)56(89)66-39(18-23-47(77)78)54(87)65-38(17-22-46(75)76)53(86)63-32(3)58(91)72(99(96,97)98)35-13-9-33(10-14-35)29-37(62)52(85)68-41(61(94)95)20-25-49(81)82/h9-16,31-32,37-44,51,73H,4-8,17-30,62H2,1-3H3,(H,63,86)(H,64,74)(H,65,87)(H,66,89)(H,67,88)(H,68,85)(H,69,90)(H,75,76)(H,77,78)(H,79,80)(H,81,82)(H,83,84)(H,94,95)(H,96,97,98)/t31-,32-,37-,38-,39-,40-,41+,42-,43-,44-,51-/m0/s1. The van der Waals surface area contributed by atoms with Crippen LogP contribution in [0.15, 0.2) is 48.5 Å². The number of aliphatic carboxylic acids is 6. The third kappa shape index (κ3) is 25.5. The van der Waals surface area contributed by atoms with Crippen LogP contribution in [0, 0.1) is 5.92 Å². The monoisotopic (exact) mass is 1420 g/mol. The van der Waals surface area contributed by atoms with Gasteiger partial charge < -0.3 is 88.5 Å². The fourth-order valence-corrected chi connectivity index (χ4v) is 11.5. The van der Waals surface area contributed by atoms with Gasteiger partial charge in [0.2, 0.25) is 53.2 Å². The number of nitrogens with two attached hydrogens (primary N) is 1. The zero-order chi connectivity index (χ0) is 74.2. The number of carbonyl (C=O) groups excluding carboxylic acids is 10. The highest BCUT2D eigenvalue weighted by Gasteiger charge is 2.44. The molecule has 37 nitrogen and oxygen atoms in total. The van der Waals surface area contributed by atoms with Gasteiger partial charge in [0.1, 0.15) is 60.1 Å². The van der Waals surface area contributed by atoms with Crippen LogP contribution >= 0.6 is 0 Å². The number of anilines is 1. The van der Waals surface area contributed by atoms with Crippen LogP contribution in [-0.2, 0) is 99.9 Å². The molecule has 99 heavy (non-hydrogen) atoms. The normalized spacial score (nSPS) is 17.0. The first-order valence-corrected chi connectivity index (χ1v) is 32.8. The van der Waals surface area contributed by atoms with Crippen LogP contribution in [0.5, 0.6) is 5.75 Å². The molecule has 544 valence electrons. The van der Waals surface area contributed by atoms with Crippen LogP contribution in [0.25, 0.3) is 0 Å². The molecule has 0 spiro atoms. The minimum atomic E-state index is -5.54. The lowest BCUT2D eigenvalue weighted by atomic mass is 9.96. The average Bonchev–Trinajstić information content (AvgIpc) is 1.78. The van der Waals surface area contributed by atoms with Gasteiger partial charge in [0.25, 0.3) is 5.91 Å². The van der Waals surface area contributed by atoms with Crippen molar-refractivity contribution >= 4 is 111 Å². The van der Waals surface area contributed by atoms with E-state index in [2.05, 4.69) is 37.2 Å². The number of hydrogen-bond acceptors (Lipinski definition) is 20. The predicted molar refractivity (Wildman–Crippen MR) is 339 cm³/mol. The van der Waals surface area contributed by atoms with Gasteiger partial charge in [-0.3, -0.25) is 76.5 Å². The first kappa shape index (κ1) is 81.1. The molecule has 4 rings (SSSR count). The van der Waals surface area contributed by atoms with Crippen LogP contribution in [0.1, 0.15) is 128 Å². The first-order chi connectivity index (χ1) is 46.4. The number of carboxylic acids is 6. The van der Waals surface area contributed by atoms with Gasteiger partial charge in [-0.25, -0.2) is 4.79 Å². The molecule has 0 saturated carbocycles. The number of amides is 10. The van der Waals surface area contributed by atoms with Crippen molar-refractivity contribution in [2.24, 2.45) is 11.7 Å². The highest BCUT2D eigenvalue weighted by Crippen LogP contribution is 2.26. The number of carbonyl (C=O) groups is 16. The van der Waals surface area contributed by atoms with Crippen molar-refractivity contribution in [3.8, 4) is 5.75 Å². The summed E-state index contributed by atoms with van der Waals surface area (Å²) in [7, 11) is -5.54. The SMILES string of the molecule is CC[C@H](C)[C@H](NC(=O)[C@@H]1CCCN1C(=O)[C@H](CCC(=O)O)NC(=O)[C@H](Cc1ccc(O)cc1)NC(=O)CCC(=O)O)C(=O)N1CCC[C@H]1C(=O)N[C@@H](CCC(=O)O)C(=O)N[C@@H](CCC(=O)O)C(=O)N[C@@H](C)C(=O)N(c1ccc(C[C@H](N)C(=O)N[C@H](CCC(=O)O)C(=O)O)cc1)S(=O)(=O)O. The van der Waals surface area contributed by atoms with Gasteiger partial charge in [-0.1, -0.05) is 44.5 Å². The minimum absolute atomic E-state index is 0.0157. The van der Waals surface area contributed by atoms with Gasteiger partial charge in [0.05, 0.1) is 18.2 Å². The summed E-state index contributed by atoms with van der Waals surface area (Å²) < 4.78 is 35.5. The Kier molecular flexibility index (Phi) is 31.1.